The van der Waals surface area contributed by atoms with E-state index in [0.717, 1.165) is 31.3 Å². The fraction of sp³-hybridized carbons (Fsp3) is 0.348. The molecule has 0 aliphatic heterocycles. The van der Waals surface area contributed by atoms with Crippen molar-refractivity contribution in [2.75, 3.05) is 32.5 Å². The Morgan fingerprint density at radius 1 is 0.970 bits per heavy atom. The van der Waals surface area contributed by atoms with E-state index in [0.29, 0.717) is 23.6 Å². The summed E-state index contributed by atoms with van der Waals surface area (Å²) in [7, 11) is 3.91. The predicted molar refractivity (Wildman–Crippen MR) is 116 cm³/mol. The molecule has 0 saturated carbocycles. The van der Waals surface area contributed by atoms with Gasteiger partial charge in [-0.15, -0.1) is 0 Å². The summed E-state index contributed by atoms with van der Waals surface area (Å²) in [6.07, 6.45) is -1.18. The Morgan fingerprint density at radius 3 is 2.45 bits per heavy atom. The first-order valence-electron chi connectivity index (χ1n) is 10.3. The Labute approximate surface area is 188 Å². The number of hydrogen-bond donors (Lipinski definition) is 1. The molecule has 2 heterocycles. The molecule has 0 radical (unpaired) electrons. The third-order valence-corrected chi connectivity index (χ3v) is 4.86. The molecule has 5 nitrogen and oxygen atoms in total. The molecule has 0 bridgehead atoms. The molecule has 0 aliphatic rings. The van der Waals surface area contributed by atoms with Crippen molar-refractivity contribution in [3.05, 3.63) is 71.2 Å². The third kappa shape index (κ3) is 7.18. The number of aryl methyl sites for hydroxylation is 2. The summed E-state index contributed by atoms with van der Waals surface area (Å²) in [5.41, 5.74) is 0.0490. The maximum absolute atomic E-state index is 14.0. The number of hydrogen-bond acceptors (Lipinski definition) is 5. The van der Waals surface area contributed by atoms with Crippen LogP contribution in [-0.2, 0) is 19.0 Å². The minimum Gasteiger partial charge on any atom is -0.370 e. The number of halogens is 5. The SMILES string of the molecule is CN(C)CCCNc1cc(CCc2ccc(F)cc2F)nc(-c2cncc(C(F)(F)F)c2)n1. The number of anilines is 1. The minimum absolute atomic E-state index is 0.0841. The van der Waals surface area contributed by atoms with Crippen molar-refractivity contribution in [2.45, 2.75) is 25.4 Å². The van der Waals surface area contributed by atoms with E-state index < -0.39 is 23.4 Å². The first-order valence-corrected chi connectivity index (χ1v) is 10.3. The molecule has 1 N–H and O–H groups in total. The van der Waals surface area contributed by atoms with Crippen LogP contribution in [0.15, 0.2) is 42.7 Å². The van der Waals surface area contributed by atoms with Crippen LogP contribution >= 0.6 is 0 Å². The van der Waals surface area contributed by atoms with Gasteiger partial charge in [-0.1, -0.05) is 6.07 Å². The molecular formula is C23H24F5N5. The van der Waals surface area contributed by atoms with E-state index >= 15 is 0 Å². The van der Waals surface area contributed by atoms with Crippen LogP contribution in [0, 0.1) is 11.6 Å². The molecule has 1 aromatic carbocycles. The Kier molecular flexibility index (Phi) is 7.91. The highest BCUT2D eigenvalue weighted by atomic mass is 19.4. The lowest BCUT2D eigenvalue weighted by atomic mass is 10.1. The Bertz CT molecular complexity index is 1090. The lowest BCUT2D eigenvalue weighted by Crippen LogP contribution is -2.17. The van der Waals surface area contributed by atoms with Crippen molar-refractivity contribution < 1.29 is 22.0 Å². The van der Waals surface area contributed by atoms with Gasteiger partial charge >= 0.3 is 6.18 Å². The van der Waals surface area contributed by atoms with Crippen LogP contribution in [0.4, 0.5) is 27.8 Å². The van der Waals surface area contributed by atoms with E-state index in [-0.39, 0.29) is 24.2 Å². The first-order chi connectivity index (χ1) is 15.6. The molecule has 3 rings (SSSR count). The van der Waals surface area contributed by atoms with E-state index in [4.69, 9.17) is 0 Å². The molecule has 0 unspecified atom stereocenters. The quantitative estimate of drug-likeness (QED) is 0.357. The second-order valence-electron chi connectivity index (χ2n) is 7.85. The van der Waals surface area contributed by atoms with Crippen molar-refractivity contribution in [1.82, 2.24) is 19.9 Å². The van der Waals surface area contributed by atoms with Crippen LogP contribution in [0.1, 0.15) is 23.2 Å². The number of alkyl halides is 3. The molecular weight excluding hydrogens is 441 g/mol. The van der Waals surface area contributed by atoms with Gasteiger partial charge in [0.15, 0.2) is 5.82 Å². The third-order valence-electron chi connectivity index (χ3n) is 4.86. The normalized spacial score (nSPS) is 11.8. The van der Waals surface area contributed by atoms with Gasteiger partial charge in [-0.05, 0) is 57.6 Å². The lowest BCUT2D eigenvalue weighted by molar-refractivity contribution is -0.137. The van der Waals surface area contributed by atoms with Gasteiger partial charge in [0.05, 0.1) is 5.56 Å². The van der Waals surface area contributed by atoms with Gasteiger partial charge in [0.1, 0.15) is 17.5 Å². The van der Waals surface area contributed by atoms with Crippen LogP contribution in [0.3, 0.4) is 0 Å². The van der Waals surface area contributed by atoms with Crippen molar-refractivity contribution in [3.63, 3.8) is 0 Å². The zero-order valence-corrected chi connectivity index (χ0v) is 18.3. The molecule has 0 saturated heterocycles. The molecule has 176 valence electrons. The summed E-state index contributed by atoms with van der Waals surface area (Å²) in [5, 5.41) is 3.17. The highest BCUT2D eigenvalue weighted by molar-refractivity contribution is 5.57. The van der Waals surface area contributed by atoms with Crippen molar-refractivity contribution in [1.29, 1.82) is 0 Å². The summed E-state index contributed by atoms with van der Waals surface area (Å²) in [6.45, 7) is 1.45. The van der Waals surface area contributed by atoms with Crippen LogP contribution in [0.5, 0.6) is 0 Å². The van der Waals surface area contributed by atoms with Gasteiger partial charge < -0.3 is 10.2 Å². The molecule has 0 spiro atoms. The summed E-state index contributed by atoms with van der Waals surface area (Å²) in [5.74, 6) is -0.790. The van der Waals surface area contributed by atoms with Gasteiger partial charge in [-0.3, -0.25) is 4.98 Å². The van der Waals surface area contributed by atoms with Crippen LogP contribution in [0.25, 0.3) is 11.4 Å². The van der Waals surface area contributed by atoms with E-state index in [1.807, 2.05) is 19.0 Å². The standard InChI is InChI=1S/C23H24F5N5/c1-33(2)9-3-8-30-21-12-19(7-5-15-4-6-18(24)11-20(15)25)31-22(32-21)16-10-17(14-29-13-16)23(26,27)28/h4,6,10-14H,3,5,7-9H2,1-2H3,(H,30,31,32). The van der Waals surface area contributed by atoms with Crippen LogP contribution in [0.2, 0.25) is 0 Å². The number of nitrogens with one attached hydrogen (secondary N) is 1. The molecule has 33 heavy (non-hydrogen) atoms. The van der Waals surface area contributed by atoms with Crippen LogP contribution < -0.4 is 5.32 Å². The highest BCUT2D eigenvalue weighted by Gasteiger charge is 2.31. The largest absolute Gasteiger partial charge is 0.417 e. The smallest absolute Gasteiger partial charge is 0.370 e. The monoisotopic (exact) mass is 465 g/mol. The second-order valence-corrected chi connectivity index (χ2v) is 7.85. The zero-order valence-electron chi connectivity index (χ0n) is 18.3. The van der Waals surface area contributed by atoms with Gasteiger partial charge in [0.25, 0.3) is 0 Å². The fourth-order valence-electron chi connectivity index (χ4n) is 3.16. The van der Waals surface area contributed by atoms with E-state index in [1.54, 1.807) is 6.07 Å². The number of rotatable bonds is 9. The number of benzene rings is 1. The molecule has 2 aromatic heterocycles. The number of aromatic nitrogens is 3. The molecule has 0 aliphatic carbocycles. The summed E-state index contributed by atoms with van der Waals surface area (Å²) in [6, 6.07) is 5.98. The van der Waals surface area contributed by atoms with E-state index in [9.17, 15) is 22.0 Å². The maximum atomic E-state index is 14.0. The number of nitrogens with zero attached hydrogens (tertiary/aromatic N) is 4. The van der Waals surface area contributed by atoms with Crippen LogP contribution in [-0.4, -0.2) is 47.0 Å². The first kappa shape index (κ1) is 24.5. The molecule has 0 amide bonds. The summed E-state index contributed by atoms with van der Waals surface area (Å²) in [4.78, 5) is 14.5. The van der Waals surface area contributed by atoms with Crippen molar-refractivity contribution >= 4 is 5.82 Å². The second kappa shape index (κ2) is 10.7. The molecule has 3 aromatic rings. The summed E-state index contributed by atoms with van der Waals surface area (Å²) < 4.78 is 66.5. The van der Waals surface area contributed by atoms with Gasteiger partial charge in [-0.2, -0.15) is 13.2 Å². The van der Waals surface area contributed by atoms with Gasteiger partial charge in [0, 0.05) is 42.3 Å². The van der Waals surface area contributed by atoms with Crippen molar-refractivity contribution in [2.24, 2.45) is 0 Å². The lowest BCUT2D eigenvalue weighted by Gasteiger charge is -2.13. The predicted octanol–water partition coefficient (Wildman–Crippen LogP) is 4.98. The topological polar surface area (TPSA) is 53.9 Å². The highest BCUT2D eigenvalue weighted by Crippen LogP contribution is 2.31. The molecule has 0 atom stereocenters. The fourth-order valence-corrected chi connectivity index (χ4v) is 3.16. The average Bonchev–Trinajstić information content (AvgIpc) is 2.75. The zero-order chi connectivity index (χ0) is 24.0. The van der Waals surface area contributed by atoms with Gasteiger partial charge in [0.2, 0.25) is 0 Å². The van der Waals surface area contributed by atoms with E-state index in [1.165, 1.54) is 18.3 Å². The molecule has 10 heteroatoms. The summed E-state index contributed by atoms with van der Waals surface area (Å²) >= 11 is 0. The Hall–Kier alpha value is -3.14. The Balaban J connectivity index is 1.87. The van der Waals surface area contributed by atoms with E-state index in [2.05, 4.69) is 20.3 Å². The Morgan fingerprint density at radius 2 is 1.76 bits per heavy atom. The average molecular weight is 465 g/mol. The number of pyridine rings is 1. The minimum atomic E-state index is -4.55. The molecule has 0 fully saturated rings. The van der Waals surface area contributed by atoms with Gasteiger partial charge in [-0.25, -0.2) is 18.7 Å². The maximum Gasteiger partial charge on any atom is 0.417 e. The van der Waals surface area contributed by atoms with Crippen molar-refractivity contribution in [3.8, 4) is 11.4 Å².